The van der Waals surface area contributed by atoms with Crippen LogP contribution in [0.2, 0.25) is 0 Å². The fourth-order valence-corrected chi connectivity index (χ4v) is 6.99. The van der Waals surface area contributed by atoms with Crippen LogP contribution in [0.3, 0.4) is 0 Å². The second-order valence-corrected chi connectivity index (χ2v) is 10.4. The number of hydrogen-bond acceptors (Lipinski definition) is 1. The molecule has 0 aromatic heterocycles. The second-order valence-electron chi connectivity index (χ2n) is 10.4. The normalized spacial score (nSPS) is 34.2. The Bertz CT molecular complexity index is 723. The van der Waals surface area contributed by atoms with Crippen LogP contribution in [0.5, 0.6) is 5.75 Å². The van der Waals surface area contributed by atoms with Crippen molar-refractivity contribution >= 4 is 0 Å². The van der Waals surface area contributed by atoms with Gasteiger partial charge in [-0.05, 0) is 105 Å². The highest BCUT2D eigenvalue weighted by molar-refractivity contribution is 5.32. The minimum absolute atomic E-state index is 0.247. The highest BCUT2D eigenvalue weighted by atomic mass is 19.4. The van der Waals surface area contributed by atoms with E-state index in [0.717, 1.165) is 48.1 Å². The van der Waals surface area contributed by atoms with E-state index in [1.165, 1.54) is 70.3 Å². The number of halogens is 4. The van der Waals surface area contributed by atoms with Gasteiger partial charge in [-0.25, -0.2) is 4.39 Å². The van der Waals surface area contributed by atoms with Gasteiger partial charge in [-0.1, -0.05) is 38.7 Å². The summed E-state index contributed by atoms with van der Waals surface area (Å²) >= 11 is 0. The maximum absolute atomic E-state index is 14.2. The van der Waals surface area contributed by atoms with Crippen molar-refractivity contribution in [3.8, 4) is 5.75 Å². The van der Waals surface area contributed by atoms with Gasteiger partial charge in [-0.2, -0.15) is 0 Å². The summed E-state index contributed by atoms with van der Waals surface area (Å²) in [6.45, 7) is 2.29. The molecule has 1 aromatic rings. The van der Waals surface area contributed by atoms with Gasteiger partial charge in [0.1, 0.15) is 0 Å². The molecule has 31 heavy (non-hydrogen) atoms. The van der Waals surface area contributed by atoms with E-state index in [-0.39, 0.29) is 5.92 Å². The number of ether oxygens (including phenoxy) is 1. The summed E-state index contributed by atoms with van der Waals surface area (Å²) in [5, 5.41) is 0. The van der Waals surface area contributed by atoms with Gasteiger partial charge < -0.3 is 4.74 Å². The number of alkyl halides is 3. The van der Waals surface area contributed by atoms with E-state index < -0.39 is 17.9 Å². The molecule has 3 aliphatic carbocycles. The molecule has 0 spiro atoms. The molecule has 0 saturated heterocycles. The highest BCUT2D eigenvalue weighted by Crippen LogP contribution is 2.51. The summed E-state index contributed by atoms with van der Waals surface area (Å²) in [5.74, 6) is 2.82. The zero-order chi connectivity index (χ0) is 22.0. The maximum atomic E-state index is 14.2. The molecular formula is C26H36F4O. The van der Waals surface area contributed by atoms with Gasteiger partial charge >= 0.3 is 6.36 Å². The average Bonchev–Trinajstić information content (AvgIpc) is 2.74. The molecule has 4 rings (SSSR count). The largest absolute Gasteiger partial charge is 0.573 e. The van der Waals surface area contributed by atoms with E-state index in [0.29, 0.717) is 5.92 Å². The van der Waals surface area contributed by atoms with E-state index in [2.05, 4.69) is 11.7 Å². The van der Waals surface area contributed by atoms with Gasteiger partial charge in [0.2, 0.25) is 0 Å². The van der Waals surface area contributed by atoms with Crippen molar-refractivity contribution in [3.63, 3.8) is 0 Å². The van der Waals surface area contributed by atoms with Crippen molar-refractivity contribution in [2.45, 2.75) is 96.3 Å². The Morgan fingerprint density at radius 2 is 1.45 bits per heavy atom. The summed E-state index contributed by atoms with van der Waals surface area (Å²) in [6.07, 6.45) is 10.7. The van der Waals surface area contributed by atoms with Crippen LogP contribution in [-0.2, 0) is 0 Å². The van der Waals surface area contributed by atoms with Gasteiger partial charge in [-0.3, -0.25) is 0 Å². The zero-order valence-electron chi connectivity index (χ0n) is 18.6. The lowest BCUT2D eigenvalue weighted by Crippen LogP contribution is -2.34. The summed E-state index contributed by atoms with van der Waals surface area (Å²) in [5.41, 5.74) is 0.821. The summed E-state index contributed by atoms with van der Waals surface area (Å²) in [7, 11) is 0. The first-order valence-corrected chi connectivity index (χ1v) is 12.4. The molecule has 4 unspecified atom stereocenters. The molecule has 4 atom stereocenters. The van der Waals surface area contributed by atoms with E-state index in [1.807, 2.05) is 0 Å². The van der Waals surface area contributed by atoms with Crippen LogP contribution in [0.4, 0.5) is 17.6 Å². The van der Waals surface area contributed by atoms with E-state index >= 15 is 0 Å². The van der Waals surface area contributed by atoms with Crippen LogP contribution in [0.1, 0.15) is 95.5 Å². The van der Waals surface area contributed by atoms with Gasteiger partial charge in [0.25, 0.3) is 0 Å². The number of hydrogen-bond donors (Lipinski definition) is 0. The Balaban J connectivity index is 1.31. The first-order valence-electron chi connectivity index (χ1n) is 12.4. The SMILES string of the molecule is CCCC1CCC(C2CCC3CC(c4ccc(OC(F)(F)F)c(F)c4)CCC3C2)CC1. The van der Waals surface area contributed by atoms with Crippen molar-refractivity contribution in [2.75, 3.05) is 0 Å². The van der Waals surface area contributed by atoms with Crippen molar-refractivity contribution in [3.05, 3.63) is 29.6 Å². The van der Waals surface area contributed by atoms with Gasteiger partial charge in [0, 0.05) is 0 Å². The Morgan fingerprint density at radius 3 is 2.10 bits per heavy atom. The van der Waals surface area contributed by atoms with E-state index in [1.54, 1.807) is 6.07 Å². The molecular weight excluding hydrogens is 404 g/mol. The molecule has 174 valence electrons. The van der Waals surface area contributed by atoms with E-state index in [4.69, 9.17) is 0 Å². The van der Waals surface area contributed by atoms with Crippen molar-refractivity contribution in [2.24, 2.45) is 29.6 Å². The standard InChI is InChI=1S/C26H36F4O/c1-2-3-17-4-6-18(7-5-17)19-8-9-21-15-22(11-10-20(21)14-19)23-12-13-25(24(27)16-23)31-26(28,29)30/h12-13,16-22H,2-11,14-15H2,1H3. The molecule has 0 N–H and O–H groups in total. The predicted octanol–water partition coefficient (Wildman–Crippen LogP) is 8.63. The number of fused-ring (bicyclic) bond motifs is 1. The fraction of sp³-hybridized carbons (Fsp3) is 0.769. The lowest BCUT2D eigenvalue weighted by molar-refractivity contribution is -0.275. The quantitative estimate of drug-likeness (QED) is 0.416. The highest BCUT2D eigenvalue weighted by Gasteiger charge is 2.39. The molecule has 0 aliphatic heterocycles. The molecule has 0 bridgehead atoms. The number of benzene rings is 1. The fourth-order valence-electron chi connectivity index (χ4n) is 6.99. The van der Waals surface area contributed by atoms with Crippen LogP contribution in [0, 0.1) is 35.4 Å². The van der Waals surface area contributed by atoms with Gasteiger partial charge in [0.15, 0.2) is 11.6 Å². The minimum Gasteiger partial charge on any atom is -0.403 e. The number of rotatable bonds is 5. The third-order valence-electron chi connectivity index (χ3n) is 8.56. The summed E-state index contributed by atoms with van der Waals surface area (Å²) in [4.78, 5) is 0. The average molecular weight is 441 g/mol. The predicted molar refractivity (Wildman–Crippen MR) is 114 cm³/mol. The Labute approximate surface area is 183 Å². The third-order valence-corrected chi connectivity index (χ3v) is 8.56. The third kappa shape index (κ3) is 5.76. The van der Waals surface area contributed by atoms with Crippen molar-refractivity contribution < 1.29 is 22.3 Å². The molecule has 3 saturated carbocycles. The van der Waals surface area contributed by atoms with E-state index in [9.17, 15) is 17.6 Å². The Hall–Kier alpha value is -1.26. The monoisotopic (exact) mass is 440 g/mol. The van der Waals surface area contributed by atoms with Crippen LogP contribution in [0.25, 0.3) is 0 Å². The lowest BCUT2D eigenvalue weighted by atomic mass is 9.60. The first kappa shape index (κ1) is 22.9. The van der Waals surface area contributed by atoms with Crippen LogP contribution < -0.4 is 4.74 Å². The van der Waals surface area contributed by atoms with Crippen LogP contribution in [0.15, 0.2) is 18.2 Å². The molecule has 0 amide bonds. The van der Waals surface area contributed by atoms with Gasteiger partial charge in [0.05, 0.1) is 0 Å². The first-order chi connectivity index (χ1) is 14.8. The molecule has 0 heterocycles. The van der Waals surface area contributed by atoms with Crippen molar-refractivity contribution in [1.29, 1.82) is 0 Å². The second kappa shape index (κ2) is 9.70. The Morgan fingerprint density at radius 1 is 0.839 bits per heavy atom. The molecule has 3 fully saturated rings. The molecule has 5 heteroatoms. The summed E-state index contributed by atoms with van der Waals surface area (Å²) < 4.78 is 55.1. The zero-order valence-corrected chi connectivity index (χ0v) is 18.6. The maximum Gasteiger partial charge on any atom is 0.573 e. The molecule has 3 aliphatic rings. The molecule has 1 nitrogen and oxygen atoms in total. The molecule has 1 aromatic carbocycles. The topological polar surface area (TPSA) is 9.23 Å². The van der Waals surface area contributed by atoms with Gasteiger partial charge in [-0.15, -0.1) is 13.2 Å². The molecule has 0 radical (unpaired) electrons. The Kier molecular flexibility index (Phi) is 7.17. The smallest absolute Gasteiger partial charge is 0.403 e. The lowest BCUT2D eigenvalue weighted by Gasteiger charge is -2.45. The van der Waals surface area contributed by atoms with Crippen LogP contribution >= 0.6 is 0 Å². The van der Waals surface area contributed by atoms with Crippen molar-refractivity contribution in [1.82, 2.24) is 0 Å². The summed E-state index contributed by atoms with van der Waals surface area (Å²) in [6, 6.07) is 4.01. The minimum atomic E-state index is -4.87. The van der Waals surface area contributed by atoms with Crippen LogP contribution in [-0.4, -0.2) is 6.36 Å².